The number of anilines is 2. The number of hydrogen-bond donors (Lipinski definition) is 5. The molecule has 0 unspecified atom stereocenters. The van der Waals surface area contributed by atoms with Gasteiger partial charge < -0.3 is 10.4 Å². The van der Waals surface area contributed by atoms with Crippen LogP contribution in [0.5, 0.6) is 5.75 Å². The number of aryl methyl sites for hydroxylation is 1. The first-order chi connectivity index (χ1) is 18.8. The average Bonchev–Trinajstić information content (AvgIpc) is 2.81. The van der Waals surface area contributed by atoms with Crippen molar-refractivity contribution < 1.29 is 44.0 Å². The van der Waals surface area contributed by atoms with Gasteiger partial charge in [0.25, 0.3) is 30.4 Å². The van der Waals surface area contributed by atoms with Crippen molar-refractivity contribution in [1.82, 2.24) is 15.0 Å². The van der Waals surface area contributed by atoms with E-state index in [1.807, 2.05) is 0 Å². The Kier molecular flexibility index (Phi) is 7.92. The number of azo groups is 1. The number of benzene rings is 3. The third-order valence-electron chi connectivity index (χ3n) is 5.24. The van der Waals surface area contributed by atoms with Crippen molar-refractivity contribution in [3.63, 3.8) is 0 Å². The summed E-state index contributed by atoms with van der Waals surface area (Å²) in [6.07, 6.45) is 0. The lowest BCUT2D eigenvalue weighted by atomic mass is 10.1. The molecule has 0 aliphatic rings. The normalized spacial score (nSPS) is 12.7. The highest BCUT2D eigenvalue weighted by Crippen LogP contribution is 2.43. The topological polar surface area (TPSA) is 259 Å². The molecule has 1 aromatic heterocycles. The molecule has 4 aromatic rings. The number of nitrogens with one attached hydrogen (secondary N) is 1. The summed E-state index contributed by atoms with van der Waals surface area (Å²) in [5, 5.41) is 20.2. The number of phenolic OH excluding ortho intramolecular Hbond substituents is 1. The fourth-order valence-electron chi connectivity index (χ4n) is 3.55. The summed E-state index contributed by atoms with van der Waals surface area (Å²) in [5.41, 5.74) is -1.74. The average molecular weight is 665 g/mol. The Bertz CT molecular complexity index is 2090. The molecule has 16 nitrogen and oxygen atoms in total. The number of halogens is 2. The molecular formula is C20H14Cl2N6O10S3. The molecule has 4 rings (SSSR count). The van der Waals surface area contributed by atoms with Gasteiger partial charge in [-0.2, -0.15) is 40.2 Å². The summed E-state index contributed by atoms with van der Waals surface area (Å²) in [4.78, 5) is 8.52. The van der Waals surface area contributed by atoms with Crippen molar-refractivity contribution in [2.24, 2.45) is 10.2 Å². The molecule has 0 aliphatic carbocycles. The highest BCUT2D eigenvalue weighted by atomic mass is 35.5. The second-order valence-corrected chi connectivity index (χ2v) is 12.9. The molecule has 0 saturated heterocycles. The molecule has 1 heterocycles. The van der Waals surface area contributed by atoms with E-state index in [-0.39, 0.29) is 38.5 Å². The number of aromatic hydroxyl groups is 1. The molecule has 0 amide bonds. The molecule has 21 heteroatoms. The van der Waals surface area contributed by atoms with E-state index in [4.69, 9.17) is 23.2 Å². The van der Waals surface area contributed by atoms with Crippen molar-refractivity contribution in [2.75, 3.05) is 5.32 Å². The molecule has 0 radical (unpaired) electrons. The first kappa shape index (κ1) is 30.4. The van der Waals surface area contributed by atoms with Crippen LogP contribution >= 0.6 is 23.2 Å². The van der Waals surface area contributed by atoms with Crippen LogP contribution in [0, 0.1) is 6.92 Å². The van der Waals surface area contributed by atoms with E-state index in [1.165, 1.54) is 18.2 Å². The van der Waals surface area contributed by atoms with E-state index >= 15 is 0 Å². The molecule has 0 spiro atoms. The molecular weight excluding hydrogens is 651 g/mol. The number of nitrogens with zero attached hydrogens (tertiary/aromatic N) is 5. The van der Waals surface area contributed by atoms with Crippen LogP contribution < -0.4 is 5.32 Å². The second-order valence-electron chi connectivity index (χ2n) is 8.04. The van der Waals surface area contributed by atoms with Crippen molar-refractivity contribution in [2.45, 2.75) is 21.6 Å². The Morgan fingerprint density at radius 2 is 1.34 bits per heavy atom. The fraction of sp³-hybridized carbons (Fsp3) is 0.0500. The summed E-state index contributed by atoms with van der Waals surface area (Å²) < 4.78 is 100. The highest BCUT2D eigenvalue weighted by molar-refractivity contribution is 7.86. The number of rotatable bonds is 7. The number of fused-ring (bicyclic) bond motifs is 1. The van der Waals surface area contributed by atoms with Crippen LogP contribution in [0.3, 0.4) is 0 Å². The predicted molar refractivity (Wildman–Crippen MR) is 144 cm³/mol. The lowest BCUT2D eigenvalue weighted by molar-refractivity contribution is 0.472. The van der Waals surface area contributed by atoms with Gasteiger partial charge in [-0.3, -0.25) is 13.7 Å². The first-order valence-electron chi connectivity index (χ1n) is 10.5. The molecule has 0 saturated carbocycles. The quantitative estimate of drug-likeness (QED) is 0.137. The fourth-order valence-corrected chi connectivity index (χ4v) is 5.99. The zero-order valence-electron chi connectivity index (χ0n) is 19.9. The molecule has 5 N–H and O–H groups in total. The zero-order valence-corrected chi connectivity index (χ0v) is 23.9. The minimum atomic E-state index is -5.12. The second kappa shape index (κ2) is 10.7. The van der Waals surface area contributed by atoms with E-state index in [0.717, 1.165) is 13.0 Å². The monoisotopic (exact) mass is 664 g/mol. The lowest BCUT2D eigenvalue weighted by Gasteiger charge is -2.11. The smallest absolute Gasteiger partial charge is 0.296 e. The van der Waals surface area contributed by atoms with E-state index in [1.54, 1.807) is 0 Å². The molecule has 0 aliphatic heterocycles. The van der Waals surface area contributed by atoms with Crippen LogP contribution in [-0.2, 0) is 30.4 Å². The molecule has 0 fully saturated rings. The van der Waals surface area contributed by atoms with Crippen LogP contribution in [0.4, 0.5) is 23.0 Å². The van der Waals surface area contributed by atoms with Gasteiger partial charge in [0.05, 0.1) is 4.90 Å². The van der Waals surface area contributed by atoms with Crippen LogP contribution in [0.15, 0.2) is 61.3 Å². The molecule has 41 heavy (non-hydrogen) atoms. The summed E-state index contributed by atoms with van der Waals surface area (Å²) in [6, 6.07) is 6.16. The van der Waals surface area contributed by atoms with Crippen molar-refractivity contribution in [1.29, 1.82) is 0 Å². The number of aromatic nitrogens is 3. The van der Waals surface area contributed by atoms with Crippen LogP contribution in [0.2, 0.25) is 10.6 Å². The SMILES string of the molecule is Cc1cc(S(=O)(=O)O)c(N=Nc2c(S(=O)(=O)O)cc3cc(Nc4nc(Cl)nc(Cl)n4)ccc3c2O)cc1S(=O)(=O)O. The predicted octanol–water partition coefficient (Wildman–Crippen LogP) is 4.24. The first-order valence-corrected chi connectivity index (χ1v) is 15.5. The maximum Gasteiger partial charge on any atom is 0.296 e. The Morgan fingerprint density at radius 3 is 1.90 bits per heavy atom. The van der Waals surface area contributed by atoms with Crippen LogP contribution in [-0.4, -0.2) is 59.0 Å². The summed E-state index contributed by atoms with van der Waals surface area (Å²) in [7, 11) is -15.1. The van der Waals surface area contributed by atoms with Crippen molar-refractivity contribution in [3.05, 3.63) is 52.5 Å². The lowest BCUT2D eigenvalue weighted by Crippen LogP contribution is -2.05. The molecule has 3 aromatic carbocycles. The van der Waals surface area contributed by atoms with Gasteiger partial charge in [0.1, 0.15) is 21.2 Å². The summed E-state index contributed by atoms with van der Waals surface area (Å²) in [5.74, 6) is -0.914. The molecule has 0 atom stereocenters. The Balaban J connectivity index is 1.90. The summed E-state index contributed by atoms with van der Waals surface area (Å²) in [6.45, 7) is 1.12. The third-order valence-corrected chi connectivity index (χ3v) is 8.32. The van der Waals surface area contributed by atoms with E-state index < -0.39 is 62.2 Å². The minimum absolute atomic E-state index is 0.0267. The highest BCUT2D eigenvalue weighted by Gasteiger charge is 2.25. The van der Waals surface area contributed by atoms with Gasteiger partial charge >= 0.3 is 0 Å². The standard InChI is InChI=1S/C20H14Cl2N6O10S3/c1-8-4-14(40(33,34)35)12(7-13(8)39(30,31)32)27-28-16-15(41(36,37)38)6-9-5-10(2-3-11(9)17(16)29)23-20-25-18(21)24-19(22)26-20/h2-7,29H,1H3,(H,30,31,32)(H,33,34,35)(H,36,37,38)(H,23,24,25,26). The van der Waals surface area contributed by atoms with E-state index in [9.17, 15) is 44.0 Å². The van der Waals surface area contributed by atoms with Gasteiger partial charge in [0, 0.05) is 11.1 Å². The van der Waals surface area contributed by atoms with Crippen molar-refractivity contribution >= 4 is 87.3 Å². The van der Waals surface area contributed by atoms with Crippen molar-refractivity contribution in [3.8, 4) is 5.75 Å². The maximum absolute atomic E-state index is 12.2. The van der Waals surface area contributed by atoms with Gasteiger partial charge in [0.2, 0.25) is 16.5 Å². The third kappa shape index (κ3) is 6.68. The number of hydrogen-bond acceptors (Lipinski definition) is 13. The Morgan fingerprint density at radius 1 is 0.756 bits per heavy atom. The van der Waals surface area contributed by atoms with Gasteiger partial charge in [0.15, 0.2) is 5.75 Å². The number of phenols is 1. The molecule has 216 valence electrons. The maximum atomic E-state index is 12.2. The van der Waals surface area contributed by atoms with Gasteiger partial charge in [-0.1, -0.05) is 0 Å². The Labute approximate surface area is 241 Å². The van der Waals surface area contributed by atoms with Gasteiger partial charge in [-0.15, -0.1) is 10.2 Å². The zero-order chi connectivity index (χ0) is 30.5. The van der Waals surface area contributed by atoms with Gasteiger partial charge in [-0.05, 0) is 77.5 Å². The van der Waals surface area contributed by atoms with E-state index in [0.29, 0.717) is 12.1 Å². The van der Waals surface area contributed by atoms with E-state index in [2.05, 4.69) is 30.5 Å². The van der Waals surface area contributed by atoms with Crippen LogP contribution in [0.25, 0.3) is 10.8 Å². The van der Waals surface area contributed by atoms with Gasteiger partial charge in [-0.25, -0.2) is 0 Å². The molecule has 0 bridgehead atoms. The summed E-state index contributed by atoms with van der Waals surface area (Å²) >= 11 is 11.5. The van der Waals surface area contributed by atoms with Crippen LogP contribution in [0.1, 0.15) is 5.56 Å². The largest absolute Gasteiger partial charge is 0.505 e. The minimum Gasteiger partial charge on any atom is -0.505 e. The Hall–Kier alpha value is -3.56.